The van der Waals surface area contributed by atoms with Crippen molar-refractivity contribution >= 4 is 0 Å². The second-order valence-corrected chi connectivity index (χ2v) is 2.32. The molecule has 4 heteroatoms. The zero-order valence-corrected chi connectivity index (χ0v) is 5.78. The van der Waals surface area contributed by atoms with E-state index in [9.17, 15) is 0 Å². The highest BCUT2D eigenvalue weighted by molar-refractivity contribution is 4.67. The Hall–Kier alpha value is -0.730. The topological polar surface area (TPSA) is 74.8 Å². The summed E-state index contributed by atoms with van der Waals surface area (Å²) in [6.45, 7) is 4.39. The first kappa shape index (κ1) is 8.27. The first-order valence-electron chi connectivity index (χ1n) is 2.95. The quantitative estimate of drug-likeness (QED) is 0.347. The molecule has 0 aromatic heterocycles. The molecule has 52 valence electrons. The van der Waals surface area contributed by atoms with Crippen LogP contribution >= 0.6 is 0 Å². The monoisotopic (exact) mass is 128 g/mol. The molecule has 0 aromatic carbocycles. The van der Waals surface area contributed by atoms with Crippen LogP contribution in [-0.4, -0.2) is 12.6 Å². The van der Waals surface area contributed by atoms with E-state index in [1.165, 1.54) is 0 Å². The van der Waals surface area contributed by atoms with Gasteiger partial charge in [-0.25, -0.2) is 0 Å². The summed E-state index contributed by atoms with van der Waals surface area (Å²) in [5.41, 5.74) is 13.4. The number of azide groups is 1. The van der Waals surface area contributed by atoms with Crippen LogP contribution in [-0.2, 0) is 0 Å². The Morgan fingerprint density at radius 3 is 2.56 bits per heavy atom. The molecule has 0 heterocycles. The van der Waals surface area contributed by atoms with Crippen molar-refractivity contribution in [2.45, 2.75) is 19.9 Å². The van der Waals surface area contributed by atoms with Gasteiger partial charge in [-0.05, 0) is 11.4 Å². The van der Waals surface area contributed by atoms with E-state index in [1.807, 2.05) is 13.8 Å². The van der Waals surface area contributed by atoms with Crippen LogP contribution in [0.2, 0.25) is 0 Å². The van der Waals surface area contributed by atoms with Crippen LogP contribution in [0.5, 0.6) is 0 Å². The molecule has 0 bridgehead atoms. The molecule has 9 heavy (non-hydrogen) atoms. The number of hydrogen-bond donors (Lipinski definition) is 1. The highest BCUT2D eigenvalue weighted by Crippen LogP contribution is 1.97. The Morgan fingerprint density at radius 2 is 2.22 bits per heavy atom. The van der Waals surface area contributed by atoms with Crippen molar-refractivity contribution < 1.29 is 0 Å². The molecule has 0 aliphatic rings. The lowest BCUT2D eigenvalue weighted by Crippen LogP contribution is -2.29. The molecule has 0 aliphatic heterocycles. The summed E-state index contributed by atoms with van der Waals surface area (Å²) in [5.74, 6) is 0.385. The molecule has 4 nitrogen and oxygen atoms in total. The lowest BCUT2D eigenvalue weighted by atomic mass is 10.1. The number of hydrogen-bond acceptors (Lipinski definition) is 2. The second-order valence-electron chi connectivity index (χ2n) is 2.32. The third-order valence-corrected chi connectivity index (χ3v) is 1.21. The van der Waals surface area contributed by atoms with Crippen molar-refractivity contribution in [3.63, 3.8) is 0 Å². The van der Waals surface area contributed by atoms with Gasteiger partial charge >= 0.3 is 0 Å². The Bertz CT molecular complexity index is 114. The number of nitrogens with zero attached hydrogens (tertiary/aromatic N) is 3. The molecule has 0 saturated heterocycles. The maximum absolute atomic E-state index is 7.90. The van der Waals surface area contributed by atoms with E-state index < -0.39 is 0 Å². The molecule has 0 aliphatic carbocycles. The summed E-state index contributed by atoms with van der Waals surface area (Å²) in [7, 11) is 0. The van der Waals surface area contributed by atoms with Crippen LogP contribution in [0.3, 0.4) is 0 Å². The SMILES string of the molecule is CC(C)C(N)CN=[N+]=[N-]. The summed E-state index contributed by atoms with van der Waals surface area (Å²) >= 11 is 0. The molecule has 2 N–H and O–H groups in total. The van der Waals surface area contributed by atoms with Crippen LogP contribution in [0.15, 0.2) is 5.11 Å². The predicted octanol–water partition coefficient (Wildman–Crippen LogP) is 1.28. The van der Waals surface area contributed by atoms with Crippen molar-refractivity contribution in [2.24, 2.45) is 16.8 Å². The Kier molecular flexibility index (Phi) is 3.84. The standard InChI is InChI=1S/C5H12N4/c1-4(2)5(6)3-8-9-7/h4-5H,3,6H2,1-2H3. The molecular weight excluding hydrogens is 116 g/mol. The maximum atomic E-state index is 7.90. The average Bonchev–Trinajstić information content (AvgIpc) is 1.82. The van der Waals surface area contributed by atoms with Crippen LogP contribution in [0.1, 0.15) is 13.8 Å². The van der Waals surface area contributed by atoms with Crippen molar-refractivity contribution in [1.82, 2.24) is 0 Å². The first-order chi connectivity index (χ1) is 4.18. The van der Waals surface area contributed by atoms with E-state index in [-0.39, 0.29) is 6.04 Å². The molecule has 0 aromatic rings. The van der Waals surface area contributed by atoms with Gasteiger partial charge in [-0.15, -0.1) is 0 Å². The highest BCUT2D eigenvalue weighted by atomic mass is 15.1. The molecule has 1 atom stereocenters. The van der Waals surface area contributed by atoms with Crippen LogP contribution in [0.4, 0.5) is 0 Å². The molecule has 0 spiro atoms. The van der Waals surface area contributed by atoms with Crippen LogP contribution in [0, 0.1) is 5.92 Å². The van der Waals surface area contributed by atoms with Gasteiger partial charge in [0.05, 0.1) is 0 Å². The van der Waals surface area contributed by atoms with E-state index in [1.54, 1.807) is 0 Å². The van der Waals surface area contributed by atoms with E-state index >= 15 is 0 Å². The van der Waals surface area contributed by atoms with Gasteiger partial charge in [-0.3, -0.25) is 0 Å². The van der Waals surface area contributed by atoms with Crippen molar-refractivity contribution in [1.29, 1.82) is 0 Å². The highest BCUT2D eigenvalue weighted by Gasteiger charge is 2.03. The van der Waals surface area contributed by atoms with Gasteiger partial charge in [-0.2, -0.15) is 0 Å². The Morgan fingerprint density at radius 1 is 1.67 bits per heavy atom. The van der Waals surface area contributed by atoms with Crippen molar-refractivity contribution in [3.05, 3.63) is 10.4 Å². The van der Waals surface area contributed by atoms with Gasteiger partial charge in [-0.1, -0.05) is 19.0 Å². The average molecular weight is 128 g/mol. The summed E-state index contributed by atoms with van der Waals surface area (Å²) in [6.07, 6.45) is 0. The summed E-state index contributed by atoms with van der Waals surface area (Å²) in [5, 5.41) is 3.35. The Labute approximate surface area is 54.7 Å². The molecule has 0 fully saturated rings. The van der Waals surface area contributed by atoms with Gasteiger partial charge < -0.3 is 5.73 Å². The predicted molar refractivity (Wildman–Crippen MR) is 36.8 cm³/mol. The minimum absolute atomic E-state index is 0.000833. The minimum Gasteiger partial charge on any atom is -0.327 e. The first-order valence-corrected chi connectivity index (χ1v) is 2.95. The van der Waals surface area contributed by atoms with E-state index in [2.05, 4.69) is 10.0 Å². The van der Waals surface area contributed by atoms with Crippen molar-refractivity contribution in [3.8, 4) is 0 Å². The Balaban J connectivity index is 3.49. The zero-order chi connectivity index (χ0) is 7.28. The van der Waals surface area contributed by atoms with Gasteiger partial charge in [0.1, 0.15) is 0 Å². The molecule has 0 radical (unpaired) electrons. The molecule has 0 rings (SSSR count). The normalized spacial score (nSPS) is 12.9. The van der Waals surface area contributed by atoms with Crippen LogP contribution < -0.4 is 5.73 Å². The molecule has 0 saturated carbocycles. The second kappa shape index (κ2) is 4.18. The van der Waals surface area contributed by atoms with E-state index in [0.717, 1.165) is 0 Å². The fraction of sp³-hybridized carbons (Fsp3) is 1.00. The van der Waals surface area contributed by atoms with Gasteiger partial charge in [0.25, 0.3) is 0 Å². The van der Waals surface area contributed by atoms with E-state index in [0.29, 0.717) is 12.5 Å². The third-order valence-electron chi connectivity index (χ3n) is 1.21. The largest absolute Gasteiger partial charge is 0.327 e. The fourth-order valence-electron chi connectivity index (χ4n) is 0.342. The molecular formula is C5H12N4. The zero-order valence-electron chi connectivity index (χ0n) is 5.78. The third kappa shape index (κ3) is 3.82. The minimum atomic E-state index is 0.000833. The van der Waals surface area contributed by atoms with Gasteiger partial charge in [0.15, 0.2) is 0 Å². The summed E-state index contributed by atoms with van der Waals surface area (Å²) in [6, 6.07) is 0.000833. The lowest BCUT2D eigenvalue weighted by Gasteiger charge is -2.10. The van der Waals surface area contributed by atoms with Gasteiger partial charge in [0.2, 0.25) is 0 Å². The smallest absolute Gasteiger partial charge is 0.0412 e. The maximum Gasteiger partial charge on any atom is 0.0412 e. The number of rotatable bonds is 3. The van der Waals surface area contributed by atoms with Gasteiger partial charge in [0, 0.05) is 17.5 Å². The molecule has 1 unspecified atom stereocenters. The summed E-state index contributed by atoms with van der Waals surface area (Å²) < 4.78 is 0. The van der Waals surface area contributed by atoms with Crippen LogP contribution in [0.25, 0.3) is 10.4 Å². The van der Waals surface area contributed by atoms with Crippen molar-refractivity contribution in [2.75, 3.05) is 6.54 Å². The van der Waals surface area contributed by atoms with E-state index in [4.69, 9.17) is 11.3 Å². The fourth-order valence-corrected chi connectivity index (χ4v) is 0.342. The molecule has 0 amide bonds. The number of nitrogens with two attached hydrogens (primary N) is 1. The lowest BCUT2D eigenvalue weighted by molar-refractivity contribution is 0.500. The summed E-state index contributed by atoms with van der Waals surface area (Å²) in [4.78, 5) is 2.60.